The minimum absolute atomic E-state index is 0. The van der Waals surface area contributed by atoms with Crippen molar-refractivity contribution in [2.45, 2.75) is 12.3 Å². The summed E-state index contributed by atoms with van der Waals surface area (Å²) < 4.78 is 0.391. The minimum Gasteiger partial charge on any atom is -0.506 e. The molecule has 0 spiro atoms. The molecule has 0 radical (unpaired) electrons. The quantitative estimate of drug-likeness (QED) is 0.496. The number of aliphatic hydroxyl groups is 2. The Balaban J connectivity index is 0.00000144. The second kappa shape index (κ2) is 5.03. The van der Waals surface area contributed by atoms with Crippen LogP contribution in [0.5, 0.6) is 5.75 Å². The van der Waals surface area contributed by atoms with Crippen LogP contribution >= 0.6 is 23.7 Å². The number of hydrogen-bond acceptors (Lipinski definition) is 6. The van der Waals surface area contributed by atoms with Crippen molar-refractivity contribution in [2.24, 2.45) is 5.73 Å². The Morgan fingerprint density at radius 2 is 2.00 bits per heavy atom. The van der Waals surface area contributed by atoms with Crippen LogP contribution in [0.15, 0.2) is 16.9 Å². The Kier molecular flexibility index (Phi) is 4.12. The van der Waals surface area contributed by atoms with Crippen LogP contribution in [0.25, 0.3) is 10.2 Å². The first kappa shape index (κ1) is 13.9. The molecule has 0 fully saturated rings. The lowest BCUT2D eigenvalue weighted by atomic mass is 10.1. The molecule has 2 atom stereocenters. The number of thiazole rings is 1. The zero-order valence-electron chi connectivity index (χ0n) is 8.45. The summed E-state index contributed by atoms with van der Waals surface area (Å²) in [5, 5.41) is 28.2. The van der Waals surface area contributed by atoms with Crippen LogP contribution < -0.4 is 10.6 Å². The molecule has 0 aliphatic carbocycles. The van der Waals surface area contributed by atoms with Crippen LogP contribution in [0.4, 0.5) is 0 Å². The molecule has 0 saturated carbocycles. The Morgan fingerprint density at radius 3 is 2.59 bits per heavy atom. The summed E-state index contributed by atoms with van der Waals surface area (Å²) in [6.07, 6.45) is -2.74. The van der Waals surface area contributed by atoms with Crippen LogP contribution in [0.3, 0.4) is 0 Å². The molecule has 2 aromatic rings. The van der Waals surface area contributed by atoms with E-state index in [-0.39, 0.29) is 28.5 Å². The Morgan fingerprint density at radius 1 is 1.35 bits per heavy atom. The fourth-order valence-corrected chi connectivity index (χ4v) is 2.36. The predicted octanol–water partition coefficient (Wildman–Crippen LogP) is 0.0275. The number of phenols is 1. The van der Waals surface area contributed by atoms with Gasteiger partial charge >= 0.3 is 4.87 Å². The first-order valence-corrected chi connectivity index (χ1v) is 5.28. The van der Waals surface area contributed by atoms with Crippen molar-refractivity contribution < 1.29 is 15.3 Å². The molecule has 2 unspecified atom stereocenters. The number of fused-ring (bicyclic) bond motifs is 1. The summed E-state index contributed by atoms with van der Waals surface area (Å²) in [4.78, 5) is 13.3. The van der Waals surface area contributed by atoms with Gasteiger partial charge in [0.2, 0.25) is 0 Å². The van der Waals surface area contributed by atoms with Crippen LogP contribution in [0, 0.1) is 0 Å². The normalized spacial score (nSPS) is 14.3. The average molecular weight is 279 g/mol. The Hall–Kier alpha value is -1.12. The molecule has 0 amide bonds. The highest BCUT2D eigenvalue weighted by molar-refractivity contribution is 7.16. The molecule has 6 N–H and O–H groups in total. The summed E-state index contributed by atoms with van der Waals surface area (Å²) in [5.74, 6) is -0.0872. The lowest BCUT2D eigenvalue weighted by Gasteiger charge is -2.14. The molecular weight excluding hydrogens is 268 g/mol. The smallest absolute Gasteiger partial charge is 0.305 e. The van der Waals surface area contributed by atoms with Gasteiger partial charge in [-0.3, -0.25) is 4.79 Å². The van der Waals surface area contributed by atoms with Crippen molar-refractivity contribution in [3.05, 3.63) is 27.4 Å². The van der Waals surface area contributed by atoms with Gasteiger partial charge in [-0.2, -0.15) is 0 Å². The van der Waals surface area contributed by atoms with E-state index in [1.54, 1.807) is 0 Å². The fourth-order valence-electron chi connectivity index (χ4n) is 1.46. The van der Waals surface area contributed by atoms with Gasteiger partial charge in [0.15, 0.2) is 0 Å². The zero-order valence-corrected chi connectivity index (χ0v) is 10.1. The topological polar surface area (TPSA) is 120 Å². The number of aliphatic hydroxyl groups excluding tert-OH is 2. The number of rotatable bonds is 2. The van der Waals surface area contributed by atoms with E-state index in [1.165, 1.54) is 12.1 Å². The number of halogens is 1. The van der Waals surface area contributed by atoms with Crippen LogP contribution in [-0.2, 0) is 0 Å². The lowest BCUT2D eigenvalue weighted by molar-refractivity contribution is 0.0237. The molecule has 1 aromatic carbocycles. The third kappa shape index (κ3) is 2.43. The van der Waals surface area contributed by atoms with Gasteiger partial charge in [-0.05, 0) is 6.07 Å². The van der Waals surface area contributed by atoms with E-state index >= 15 is 0 Å². The summed E-state index contributed by atoms with van der Waals surface area (Å²) in [7, 11) is 0. The van der Waals surface area contributed by atoms with Crippen molar-refractivity contribution in [3.63, 3.8) is 0 Å². The maximum absolute atomic E-state index is 11.2. The molecule has 1 aromatic heterocycles. The van der Waals surface area contributed by atoms with E-state index in [1.807, 2.05) is 0 Å². The number of nitrogens with two attached hydrogens (primary N) is 1. The largest absolute Gasteiger partial charge is 0.506 e. The molecule has 0 bridgehead atoms. The van der Waals surface area contributed by atoms with Crippen LogP contribution in [0.2, 0.25) is 0 Å². The van der Waals surface area contributed by atoms with Crippen LogP contribution in [0.1, 0.15) is 11.7 Å². The number of phenolic OH excluding ortho intramolecular Hbond substituents is 1. The number of nitrogens with one attached hydrogen (secondary N) is 1. The molecule has 6 nitrogen and oxygen atoms in total. The second-order valence-electron chi connectivity index (χ2n) is 3.33. The number of aromatic hydroxyl groups is 1. The Labute approximate surface area is 106 Å². The first-order valence-electron chi connectivity index (χ1n) is 4.47. The molecule has 17 heavy (non-hydrogen) atoms. The highest BCUT2D eigenvalue weighted by atomic mass is 35.5. The van der Waals surface area contributed by atoms with E-state index in [4.69, 9.17) is 10.8 Å². The maximum Gasteiger partial charge on any atom is 0.305 e. The summed E-state index contributed by atoms with van der Waals surface area (Å²) >= 11 is 0.841. The average Bonchev–Trinajstić information content (AvgIpc) is 2.60. The second-order valence-corrected chi connectivity index (χ2v) is 4.31. The van der Waals surface area contributed by atoms with Gasteiger partial charge in [-0.15, -0.1) is 12.4 Å². The van der Waals surface area contributed by atoms with Crippen molar-refractivity contribution in [2.75, 3.05) is 0 Å². The molecule has 2 rings (SSSR count). The summed E-state index contributed by atoms with van der Waals surface area (Å²) in [6, 6.07) is 2.74. The molecule has 8 heteroatoms. The summed E-state index contributed by atoms with van der Waals surface area (Å²) in [5.41, 5.74) is 5.72. The molecule has 94 valence electrons. The third-order valence-corrected chi connectivity index (χ3v) is 3.16. The van der Waals surface area contributed by atoms with Crippen molar-refractivity contribution in [1.82, 2.24) is 4.98 Å². The van der Waals surface area contributed by atoms with Gasteiger partial charge in [-0.1, -0.05) is 17.4 Å². The van der Waals surface area contributed by atoms with Crippen molar-refractivity contribution in [3.8, 4) is 5.75 Å². The van der Waals surface area contributed by atoms with E-state index < -0.39 is 12.3 Å². The van der Waals surface area contributed by atoms with E-state index in [2.05, 4.69) is 4.98 Å². The number of aromatic nitrogens is 1. The monoisotopic (exact) mass is 278 g/mol. The zero-order chi connectivity index (χ0) is 11.9. The third-order valence-electron chi connectivity index (χ3n) is 2.23. The van der Waals surface area contributed by atoms with Gasteiger partial charge in [0.05, 0.1) is 4.70 Å². The lowest BCUT2D eigenvalue weighted by Crippen LogP contribution is -2.27. The van der Waals surface area contributed by atoms with Crippen molar-refractivity contribution in [1.29, 1.82) is 0 Å². The van der Waals surface area contributed by atoms with Gasteiger partial charge in [-0.25, -0.2) is 0 Å². The number of H-pyrrole nitrogens is 1. The van der Waals surface area contributed by atoms with Gasteiger partial charge < -0.3 is 26.0 Å². The van der Waals surface area contributed by atoms with Crippen LogP contribution in [-0.4, -0.2) is 26.5 Å². The first-order chi connectivity index (χ1) is 7.50. The number of hydrogen-bond donors (Lipinski definition) is 5. The highest BCUT2D eigenvalue weighted by Gasteiger charge is 2.19. The van der Waals surface area contributed by atoms with Crippen molar-refractivity contribution >= 4 is 34.0 Å². The molecule has 1 heterocycles. The highest BCUT2D eigenvalue weighted by Crippen LogP contribution is 2.31. The summed E-state index contributed by atoms with van der Waals surface area (Å²) in [6.45, 7) is 0. The molecular formula is C9H11ClN2O4S. The van der Waals surface area contributed by atoms with E-state index in [0.29, 0.717) is 10.3 Å². The molecule has 0 aliphatic rings. The fraction of sp³-hybridized carbons (Fsp3) is 0.222. The van der Waals surface area contributed by atoms with Gasteiger partial charge in [0, 0.05) is 5.56 Å². The predicted molar refractivity (Wildman–Crippen MR) is 66.5 cm³/mol. The van der Waals surface area contributed by atoms with E-state index in [0.717, 1.165) is 11.3 Å². The maximum atomic E-state index is 11.2. The van der Waals surface area contributed by atoms with Gasteiger partial charge in [0.25, 0.3) is 0 Å². The minimum atomic E-state index is -1.44. The number of aromatic amines is 1. The standard InChI is InChI=1S/C9H10N2O4S.ClH/c10-8(14)6(13)3-1-2-4(12)5-7(3)16-9(15)11-5;/h1-2,6,8,12-14H,10H2,(H,11,15);1H. The Bertz CT molecular complexity index is 580. The number of benzene rings is 1. The van der Waals surface area contributed by atoms with Gasteiger partial charge in [0.1, 0.15) is 23.6 Å². The molecule has 0 aliphatic heterocycles. The molecule has 0 saturated heterocycles. The van der Waals surface area contributed by atoms with E-state index in [9.17, 15) is 15.0 Å². The SMILES string of the molecule is Cl.NC(O)C(O)c1ccc(O)c2[nH]c(=O)sc12.